The Balaban J connectivity index is 2.25. The second-order valence-corrected chi connectivity index (χ2v) is 7.03. The van der Waals surface area contributed by atoms with E-state index in [4.69, 9.17) is 9.47 Å². The molecule has 0 aromatic heterocycles. The second kappa shape index (κ2) is 8.33. The molecule has 0 saturated heterocycles. The average molecular weight is 382 g/mol. The fraction of sp³-hybridized carbons (Fsp3) is 0.364. The molecule has 1 aliphatic rings. The molecular formula is C22H26N2O4. The van der Waals surface area contributed by atoms with Crippen molar-refractivity contribution < 1.29 is 19.1 Å². The molecule has 0 spiro atoms. The third-order valence-corrected chi connectivity index (χ3v) is 4.66. The summed E-state index contributed by atoms with van der Waals surface area (Å²) in [6, 6.07) is 10.6. The molecule has 2 N–H and O–H groups in total. The van der Waals surface area contributed by atoms with Crippen molar-refractivity contribution in [2.24, 2.45) is 0 Å². The predicted octanol–water partition coefficient (Wildman–Crippen LogP) is 4.21. The van der Waals surface area contributed by atoms with Gasteiger partial charge in [-0.25, -0.2) is 9.59 Å². The van der Waals surface area contributed by atoms with Gasteiger partial charge in [0, 0.05) is 11.3 Å². The van der Waals surface area contributed by atoms with E-state index in [1.54, 1.807) is 21.0 Å². The minimum Gasteiger partial charge on any atom is -0.496 e. The molecule has 2 amide bonds. The molecule has 0 aliphatic carbocycles. The number of hydrogen-bond donors (Lipinski definition) is 2. The van der Waals surface area contributed by atoms with Gasteiger partial charge in [-0.15, -0.1) is 0 Å². The van der Waals surface area contributed by atoms with Crippen molar-refractivity contribution in [2.45, 2.75) is 45.8 Å². The number of carbonyl (C=O) groups is 2. The summed E-state index contributed by atoms with van der Waals surface area (Å²) < 4.78 is 11.1. The van der Waals surface area contributed by atoms with Crippen molar-refractivity contribution in [3.05, 3.63) is 53.2 Å². The number of allylic oxidation sites excluding steroid dienone is 1. The Labute approximate surface area is 164 Å². The molecule has 1 heterocycles. The second-order valence-electron chi connectivity index (χ2n) is 7.03. The molecule has 0 bridgehead atoms. The van der Waals surface area contributed by atoms with E-state index in [2.05, 4.69) is 10.6 Å². The van der Waals surface area contributed by atoms with Gasteiger partial charge in [0.1, 0.15) is 5.75 Å². The quantitative estimate of drug-likeness (QED) is 0.734. The number of amides is 2. The molecule has 0 radical (unpaired) electrons. The summed E-state index contributed by atoms with van der Waals surface area (Å²) >= 11 is 0. The minimum atomic E-state index is -0.664. The number of methoxy groups -OCH3 is 1. The number of nitrogens with one attached hydrogen (secondary N) is 2. The third-order valence-electron chi connectivity index (χ3n) is 4.66. The van der Waals surface area contributed by atoms with Gasteiger partial charge >= 0.3 is 12.0 Å². The standard InChI is InChI=1S/C22H26N2O4/c1-5-8-16-19(21(25)28-13(2)3)20(24-22(26)23-16)18-15-10-7-6-9-14(15)11-12-17(18)27-4/h6-7,9-13,20H,5,8H2,1-4H3,(H2,23,24,26). The highest BCUT2D eigenvalue weighted by Gasteiger charge is 2.36. The largest absolute Gasteiger partial charge is 0.496 e. The first-order valence-corrected chi connectivity index (χ1v) is 9.53. The molecule has 6 nitrogen and oxygen atoms in total. The highest BCUT2D eigenvalue weighted by Crippen LogP contribution is 2.39. The molecule has 0 saturated carbocycles. The van der Waals surface area contributed by atoms with Crippen LogP contribution in [0.4, 0.5) is 4.79 Å². The summed E-state index contributed by atoms with van der Waals surface area (Å²) in [5, 5.41) is 7.61. The summed E-state index contributed by atoms with van der Waals surface area (Å²) in [6.45, 7) is 5.61. The molecule has 2 aromatic carbocycles. The Morgan fingerprint density at radius 1 is 1.18 bits per heavy atom. The highest BCUT2D eigenvalue weighted by atomic mass is 16.5. The topological polar surface area (TPSA) is 76.7 Å². The van der Waals surface area contributed by atoms with E-state index in [9.17, 15) is 9.59 Å². The van der Waals surface area contributed by atoms with Gasteiger partial charge in [-0.05, 0) is 37.1 Å². The lowest BCUT2D eigenvalue weighted by atomic mass is 9.89. The molecule has 1 unspecified atom stereocenters. The maximum atomic E-state index is 13.0. The van der Waals surface area contributed by atoms with E-state index in [1.807, 2.05) is 43.3 Å². The normalized spacial score (nSPS) is 16.8. The summed E-state index contributed by atoms with van der Waals surface area (Å²) in [5.41, 5.74) is 1.77. The van der Waals surface area contributed by atoms with Gasteiger partial charge in [-0.2, -0.15) is 0 Å². The van der Waals surface area contributed by atoms with E-state index < -0.39 is 12.0 Å². The van der Waals surface area contributed by atoms with Gasteiger partial charge in [0.2, 0.25) is 0 Å². The first kappa shape index (κ1) is 19.7. The van der Waals surface area contributed by atoms with Crippen molar-refractivity contribution in [3.63, 3.8) is 0 Å². The van der Waals surface area contributed by atoms with Gasteiger partial charge in [-0.1, -0.05) is 43.7 Å². The van der Waals surface area contributed by atoms with Gasteiger partial charge in [0.05, 0.1) is 24.8 Å². The highest BCUT2D eigenvalue weighted by molar-refractivity contribution is 5.98. The van der Waals surface area contributed by atoms with Gasteiger partial charge < -0.3 is 20.1 Å². The Bertz CT molecular complexity index is 933. The number of carbonyl (C=O) groups excluding carboxylic acids is 2. The molecule has 6 heteroatoms. The minimum absolute atomic E-state index is 0.268. The van der Waals surface area contributed by atoms with Crippen LogP contribution in [0.25, 0.3) is 10.8 Å². The number of ether oxygens (including phenoxy) is 2. The lowest BCUT2D eigenvalue weighted by molar-refractivity contribution is -0.143. The molecule has 0 fully saturated rings. The average Bonchev–Trinajstić information content (AvgIpc) is 2.66. The molecular weight excluding hydrogens is 356 g/mol. The summed E-state index contributed by atoms with van der Waals surface area (Å²) in [7, 11) is 1.58. The van der Waals surface area contributed by atoms with Crippen molar-refractivity contribution in [3.8, 4) is 5.75 Å². The van der Waals surface area contributed by atoms with E-state index in [-0.39, 0.29) is 12.1 Å². The fourth-order valence-electron chi connectivity index (χ4n) is 3.55. The van der Waals surface area contributed by atoms with Crippen molar-refractivity contribution >= 4 is 22.8 Å². The molecule has 148 valence electrons. The lowest BCUT2D eigenvalue weighted by Gasteiger charge is -2.31. The molecule has 2 aromatic rings. The Morgan fingerprint density at radius 2 is 1.93 bits per heavy atom. The van der Waals surface area contributed by atoms with Gasteiger partial charge in [0.25, 0.3) is 0 Å². The molecule has 1 aliphatic heterocycles. The fourth-order valence-corrected chi connectivity index (χ4v) is 3.55. The Kier molecular flexibility index (Phi) is 5.87. The predicted molar refractivity (Wildman–Crippen MR) is 108 cm³/mol. The summed E-state index contributed by atoms with van der Waals surface area (Å²) in [6.07, 6.45) is 1.09. The molecule has 28 heavy (non-hydrogen) atoms. The molecule has 1 atom stereocenters. The van der Waals surface area contributed by atoms with E-state index in [1.165, 1.54) is 0 Å². The third kappa shape index (κ3) is 3.81. The van der Waals surface area contributed by atoms with Crippen LogP contribution >= 0.6 is 0 Å². The first-order valence-electron chi connectivity index (χ1n) is 9.53. The van der Waals surface area contributed by atoms with Crippen LogP contribution in [0.5, 0.6) is 5.75 Å². The van der Waals surface area contributed by atoms with Crippen molar-refractivity contribution in [1.82, 2.24) is 10.6 Å². The van der Waals surface area contributed by atoms with Crippen molar-refractivity contribution in [1.29, 1.82) is 0 Å². The zero-order valence-electron chi connectivity index (χ0n) is 16.7. The summed E-state index contributed by atoms with van der Waals surface area (Å²) in [5.74, 6) is 0.169. The Morgan fingerprint density at radius 3 is 2.61 bits per heavy atom. The van der Waals surface area contributed by atoms with E-state index >= 15 is 0 Å². The number of esters is 1. The smallest absolute Gasteiger partial charge is 0.338 e. The van der Waals surface area contributed by atoms with Crippen LogP contribution in [-0.4, -0.2) is 25.2 Å². The maximum Gasteiger partial charge on any atom is 0.338 e. The first-order chi connectivity index (χ1) is 13.5. The van der Waals surface area contributed by atoms with Crippen LogP contribution < -0.4 is 15.4 Å². The van der Waals surface area contributed by atoms with E-state index in [0.717, 1.165) is 22.8 Å². The number of fused-ring (bicyclic) bond motifs is 1. The summed E-state index contributed by atoms with van der Waals surface area (Å²) in [4.78, 5) is 25.4. The van der Waals surface area contributed by atoms with Crippen LogP contribution in [0, 0.1) is 0 Å². The van der Waals surface area contributed by atoms with Gasteiger partial charge in [-0.3, -0.25) is 0 Å². The number of rotatable bonds is 6. The van der Waals surface area contributed by atoms with E-state index in [0.29, 0.717) is 23.4 Å². The lowest BCUT2D eigenvalue weighted by Crippen LogP contribution is -2.46. The zero-order valence-corrected chi connectivity index (χ0v) is 16.7. The monoisotopic (exact) mass is 382 g/mol. The van der Waals surface area contributed by atoms with Crippen LogP contribution in [0.2, 0.25) is 0 Å². The van der Waals surface area contributed by atoms with Crippen LogP contribution in [0.3, 0.4) is 0 Å². The number of urea groups is 1. The maximum absolute atomic E-state index is 13.0. The van der Waals surface area contributed by atoms with Crippen LogP contribution in [-0.2, 0) is 9.53 Å². The number of benzene rings is 2. The molecule has 3 rings (SSSR count). The van der Waals surface area contributed by atoms with Gasteiger partial charge in [0.15, 0.2) is 0 Å². The number of hydrogen-bond acceptors (Lipinski definition) is 4. The van der Waals surface area contributed by atoms with Crippen LogP contribution in [0.1, 0.15) is 45.2 Å². The SMILES string of the molecule is CCCC1=C(C(=O)OC(C)C)C(c2c(OC)ccc3ccccc23)NC(=O)N1. The van der Waals surface area contributed by atoms with Crippen LogP contribution in [0.15, 0.2) is 47.7 Å². The zero-order chi connectivity index (χ0) is 20.3. The van der Waals surface area contributed by atoms with Crippen molar-refractivity contribution in [2.75, 3.05) is 7.11 Å². The Hall–Kier alpha value is -3.02.